The Morgan fingerprint density at radius 2 is 1.89 bits per heavy atom. The van der Waals surface area contributed by atoms with Gasteiger partial charge in [-0.1, -0.05) is 17.7 Å². The fraction of sp³-hybridized carbons (Fsp3) is 0.400. The summed E-state index contributed by atoms with van der Waals surface area (Å²) < 4.78 is 52.0. The summed E-state index contributed by atoms with van der Waals surface area (Å²) in [5.41, 5.74) is 5.87. The molecule has 1 amide bonds. The number of rotatable bonds is 1. The van der Waals surface area contributed by atoms with Crippen molar-refractivity contribution in [3.05, 3.63) is 52.8 Å². The van der Waals surface area contributed by atoms with E-state index in [9.17, 15) is 27.5 Å². The van der Waals surface area contributed by atoms with Gasteiger partial charge in [-0.2, -0.15) is 13.2 Å². The second-order valence-electron chi connectivity index (χ2n) is 9.78. The Labute approximate surface area is 219 Å². The van der Waals surface area contributed by atoms with Crippen LogP contribution in [0, 0.1) is 11.7 Å². The number of nitrogens with zero attached hydrogens (tertiary/aromatic N) is 2. The average molecular weight is 558 g/mol. The number of halogens is 5. The number of benzene rings is 2. The van der Waals surface area contributed by atoms with Crippen LogP contribution in [0.4, 0.5) is 17.6 Å². The second-order valence-corrected chi connectivity index (χ2v) is 10.2. The summed E-state index contributed by atoms with van der Waals surface area (Å²) in [6, 6.07) is 9.69. The van der Waals surface area contributed by atoms with Crippen LogP contribution in [0.25, 0.3) is 11.1 Å². The smallest absolute Gasteiger partial charge is 0.490 e. The van der Waals surface area contributed by atoms with Crippen molar-refractivity contribution in [2.24, 2.45) is 16.6 Å². The van der Waals surface area contributed by atoms with Gasteiger partial charge in [0.15, 0.2) is 11.5 Å². The van der Waals surface area contributed by atoms with Crippen LogP contribution in [0.5, 0.6) is 5.75 Å². The zero-order valence-corrected chi connectivity index (χ0v) is 21.0. The molecule has 204 valence electrons. The Hall–Kier alpha value is -3.38. The molecule has 2 aromatic carbocycles. The molecular formula is C25H24ClF4N3O5. The maximum Gasteiger partial charge on any atom is 0.490 e. The lowest BCUT2D eigenvalue weighted by Gasteiger charge is -2.49. The number of carbonyl (C=O) groups excluding carboxylic acids is 1. The highest BCUT2D eigenvalue weighted by molar-refractivity contribution is 6.30. The molecule has 0 saturated heterocycles. The molecule has 13 heteroatoms. The molecule has 1 saturated carbocycles. The molecule has 4 unspecified atom stereocenters. The molecule has 2 heterocycles. The van der Waals surface area contributed by atoms with Crippen molar-refractivity contribution in [3.63, 3.8) is 0 Å². The van der Waals surface area contributed by atoms with Gasteiger partial charge in [-0.15, -0.1) is 0 Å². The molecule has 4 atom stereocenters. The van der Waals surface area contributed by atoms with Crippen LogP contribution < -0.4 is 10.5 Å². The highest BCUT2D eigenvalue weighted by atomic mass is 35.5. The number of aliphatic imine (C=N–C) groups is 1. The Balaban J connectivity index is 0.000000426. The Kier molecular flexibility index (Phi) is 6.86. The number of likely N-dealkylation sites (N-methyl/N-ethyl adjacent to an activating group) is 1. The fourth-order valence-electron chi connectivity index (χ4n) is 5.21. The van der Waals surface area contributed by atoms with Crippen LogP contribution in [0.2, 0.25) is 5.02 Å². The van der Waals surface area contributed by atoms with Gasteiger partial charge in [0.25, 0.3) is 5.91 Å². The number of hydrogen-bond donors (Lipinski definition) is 3. The minimum absolute atomic E-state index is 0.146. The molecule has 1 spiro atoms. The number of carboxylic acid groups (broad SMARTS) is 1. The molecule has 4 N–H and O–H groups in total. The van der Waals surface area contributed by atoms with Gasteiger partial charge in [-0.05, 0) is 61.2 Å². The minimum atomic E-state index is -5.08. The predicted molar refractivity (Wildman–Crippen MR) is 129 cm³/mol. The van der Waals surface area contributed by atoms with Crippen molar-refractivity contribution in [3.8, 4) is 16.9 Å². The Bertz CT molecular complexity index is 1310. The van der Waals surface area contributed by atoms with E-state index >= 15 is 0 Å². The van der Waals surface area contributed by atoms with E-state index in [1.807, 2.05) is 6.07 Å². The molecule has 5 rings (SSSR count). The number of nitrogens with two attached hydrogens (primary N) is 1. The molecular weight excluding hydrogens is 534 g/mol. The summed E-state index contributed by atoms with van der Waals surface area (Å²) in [7, 11) is 1.61. The van der Waals surface area contributed by atoms with Gasteiger partial charge in [0.2, 0.25) is 0 Å². The van der Waals surface area contributed by atoms with Crippen molar-refractivity contribution in [2.75, 3.05) is 7.05 Å². The quantitative estimate of drug-likeness (QED) is 0.454. The molecule has 1 fully saturated rings. The maximum atomic E-state index is 14.0. The van der Waals surface area contributed by atoms with Gasteiger partial charge >= 0.3 is 12.1 Å². The molecule has 38 heavy (non-hydrogen) atoms. The third-order valence-corrected chi connectivity index (χ3v) is 7.21. The molecule has 0 bridgehead atoms. The molecule has 8 nitrogen and oxygen atoms in total. The minimum Gasteiger partial charge on any atom is -0.490 e. The third-order valence-electron chi connectivity index (χ3n) is 6.99. The molecule has 0 radical (unpaired) electrons. The van der Waals surface area contributed by atoms with Crippen LogP contribution in [-0.2, 0) is 15.1 Å². The van der Waals surface area contributed by atoms with E-state index in [0.717, 1.165) is 0 Å². The first-order valence-electron chi connectivity index (χ1n) is 11.5. The van der Waals surface area contributed by atoms with Gasteiger partial charge in [-0.3, -0.25) is 9.69 Å². The summed E-state index contributed by atoms with van der Waals surface area (Å²) in [6.45, 7) is 1.78. The first kappa shape index (κ1) is 27.6. The number of amides is 1. The highest BCUT2D eigenvalue weighted by Crippen LogP contribution is 2.55. The molecule has 0 aromatic heterocycles. The fourth-order valence-corrected chi connectivity index (χ4v) is 5.43. The Morgan fingerprint density at radius 3 is 2.45 bits per heavy atom. The third kappa shape index (κ3) is 4.90. The first-order chi connectivity index (χ1) is 17.5. The van der Waals surface area contributed by atoms with Gasteiger partial charge in [-0.25, -0.2) is 14.2 Å². The van der Waals surface area contributed by atoms with E-state index in [1.54, 1.807) is 32.2 Å². The number of carbonyl (C=O) groups is 2. The van der Waals surface area contributed by atoms with E-state index in [0.29, 0.717) is 41.7 Å². The Morgan fingerprint density at radius 1 is 1.24 bits per heavy atom. The van der Waals surface area contributed by atoms with Crippen molar-refractivity contribution in [1.82, 2.24) is 4.90 Å². The van der Waals surface area contributed by atoms with Gasteiger partial charge < -0.3 is 20.7 Å². The average Bonchev–Trinajstić information content (AvgIpc) is 3.02. The van der Waals surface area contributed by atoms with Crippen LogP contribution >= 0.6 is 11.6 Å². The van der Waals surface area contributed by atoms with E-state index < -0.39 is 29.1 Å². The number of guanidine groups is 1. The van der Waals surface area contributed by atoms with E-state index in [2.05, 4.69) is 0 Å². The van der Waals surface area contributed by atoms with Crippen molar-refractivity contribution in [1.29, 1.82) is 0 Å². The first-order valence-corrected chi connectivity index (χ1v) is 11.9. The lowest BCUT2D eigenvalue weighted by molar-refractivity contribution is -0.192. The summed E-state index contributed by atoms with van der Waals surface area (Å²) in [5, 5.41) is 18.0. The van der Waals surface area contributed by atoms with Crippen molar-refractivity contribution in [2.45, 2.75) is 49.6 Å². The van der Waals surface area contributed by atoms with Crippen molar-refractivity contribution >= 4 is 29.4 Å². The number of alkyl halides is 3. The highest BCUT2D eigenvalue weighted by Gasteiger charge is 2.61. The van der Waals surface area contributed by atoms with Crippen LogP contribution in [0.3, 0.4) is 0 Å². The lowest BCUT2D eigenvalue weighted by Crippen LogP contribution is -2.56. The van der Waals surface area contributed by atoms with Gasteiger partial charge in [0.1, 0.15) is 17.7 Å². The molecule has 1 aliphatic carbocycles. The maximum absolute atomic E-state index is 14.0. The number of fused-ring (bicyclic) bond motifs is 4. The summed E-state index contributed by atoms with van der Waals surface area (Å²) in [4.78, 5) is 28.5. The SMILES string of the molecule is CN1C(=O)C2(N=C1N)c1cc(-c3cc(F)cc(Cl)c3)ccc1OC1CC(C)(O)CCC12.O=C(O)C(F)(F)F. The number of aliphatic carboxylic acids is 1. The normalized spacial score (nSPS) is 28.1. The largest absolute Gasteiger partial charge is 0.490 e. The summed E-state index contributed by atoms with van der Waals surface area (Å²) in [5.74, 6) is -3.03. The monoisotopic (exact) mass is 557 g/mol. The predicted octanol–water partition coefficient (Wildman–Crippen LogP) is 4.07. The standard InChI is InChI=1S/C23H23ClFN3O3.C2HF3O2/c1-22(30)6-5-16-19(11-22)31-18-4-3-12(13-7-14(24)10-15(25)8-13)9-17(18)23(16)20(29)28(2)21(26)27-23;3-2(4,5)1(6)7/h3-4,7-10,16,19,30H,5-6,11H2,1-2H3,(H2,26,27);(H,6,7). The number of ether oxygens (including phenoxy) is 1. The number of carboxylic acids is 1. The van der Waals surface area contributed by atoms with Crippen LogP contribution in [-0.4, -0.2) is 57.9 Å². The van der Waals surface area contributed by atoms with Gasteiger partial charge in [0.05, 0.1) is 5.60 Å². The number of hydrogen-bond acceptors (Lipinski definition) is 6. The van der Waals surface area contributed by atoms with Crippen LogP contribution in [0.1, 0.15) is 31.7 Å². The van der Waals surface area contributed by atoms with Gasteiger partial charge in [0, 0.05) is 30.0 Å². The second kappa shape index (κ2) is 9.42. The van der Waals surface area contributed by atoms with E-state index in [4.69, 9.17) is 37.0 Å². The summed E-state index contributed by atoms with van der Waals surface area (Å²) in [6.07, 6.45) is -3.98. The molecule has 3 aliphatic rings. The summed E-state index contributed by atoms with van der Waals surface area (Å²) >= 11 is 6.06. The number of aliphatic hydroxyl groups is 1. The van der Waals surface area contributed by atoms with E-state index in [-0.39, 0.29) is 28.9 Å². The van der Waals surface area contributed by atoms with E-state index in [1.165, 1.54) is 17.0 Å². The molecule has 2 aliphatic heterocycles. The lowest BCUT2D eigenvalue weighted by atomic mass is 9.64. The van der Waals surface area contributed by atoms with Crippen LogP contribution in [0.15, 0.2) is 41.4 Å². The van der Waals surface area contributed by atoms with Crippen molar-refractivity contribution < 1.29 is 42.1 Å². The zero-order valence-electron chi connectivity index (χ0n) is 20.2. The molecule has 2 aromatic rings. The zero-order chi connectivity index (χ0) is 28.2. The topological polar surface area (TPSA) is 125 Å².